The summed E-state index contributed by atoms with van der Waals surface area (Å²) in [6.07, 6.45) is 2.47. The van der Waals surface area contributed by atoms with Crippen molar-refractivity contribution >= 4 is 11.9 Å². The number of rotatable bonds is 2. The number of nitrogen functional groups attached to an aromatic ring is 1. The van der Waals surface area contributed by atoms with Crippen LogP contribution in [0.2, 0.25) is 0 Å². The van der Waals surface area contributed by atoms with E-state index in [1.807, 2.05) is 20.8 Å². The van der Waals surface area contributed by atoms with Gasteiger partial charge in [0.15, 0.2) is 0 Å². The molecular weight excluding hydrogens is 208 g/mol. The number of carbonyl (C=O) groups excluding carboxylic acids is 1. The van der Waals surface area contributed by atoms with E-state index < -0.39 is 6.09 Å². The highest BCUT2D eigenvalue weighted by Gasteiger charge is 2.15. The van der Waals surface area contributed by atoms with Gasteiger partial charge in [-0.15, -0.1) is 0 Å². The lowest BCUT2D eigenvalue weighted by Crippen LogP contribution is -2.40. The minimum absolute atomic E-state index is 0.0155. The summed E-state index contributed by atoms with van der Waals surface area (Å²) in [7, 11) is 0. The van der Waals surface area contributed by atoms with Crippen LogP contribution < -0.4 is 11.1 Å². The first-order valence-corrected chi connectivity index (χ1v) is 4.89. The number of hydrogen-bond donors (Lipinski definition) is 2. The number of carbonyl (C=O) groups is 1. The molecule has 1 amide bonds. The van der Waals surface area contributed by atoms with E-state index in [0.29, 0.717) is 5.69 Å². The van der Waals surface area contributed by atoms with Gasteiger partial charge in [-0.1, -0.05) is 0 Å². The zero-order valence-electron chi connectivity index (χ0n) is 9.65. The third-order valence-corrected chi connectivity index (χ3v) is 1.62. The first-order valence-electron chi connectivity index (χ1n) is 4.89. The molecule has 3 N–H and O–H groups in total. The molecule has 6 heteroatoms. The van der Waals surface area contributed by atoms with Crippen LogP contribution in [0.4, 0.5) is 10.6 Å². The first-order chi connectivity index (χ1) is 7.38. The summed E-state index contributed by atoms with van der Waals surface area (Å²) in [6, 6.07) is 0. The molecule has 0 spiro atoms. The number of aromatic nitrogens is 2. The number of nitrogens with zero attached hydrogens (tertiary/aromatic N) is 2. The normalized spacial score (nSPS) is 10.9. The van der Waals surface area contributed by atoms with Gasteiger partial charge >= 0.3 is 6.09 Å². The van der Waals surface area contributed by atoms with Crippen molar-refractivity contribution in [2.45, 2.75) is 32.9 Å². The highest BCUT2D eigenvalue weighted by atomic mass is 16.5. The predicted molar refractivity (Wildman–Crippen MR) is 59.5 cm³/mol. The van der Waals surface area contributed by atoms with Gasteiger partial charge in [-0.25, -0.2) is 9.78 Å². The Balaban J connectivity index is 2.47. The molecule has 0 aromatic carbocycles. The number of anilines is 1. The minimum atomic E-state index is -0.502. The molecule has 88 valence electrons. The van der Waals surface area contributed by atoms with E-state index in [9.17, 15) is 4.79 Å². The number of nitrogens with two attached hydrogens (primary N) is 1. The van der Waals surface area contributed by atoms with Crippen molar-refractivity contribution < 1.29 is 9.53 Å². The summed E-state index contributed by atoms with van der Waals surface area (Å²) in [4.78, 5) is 19.1. The molecule has 1 aromatic heterocycles. The molecule has 0 aliphatic rings. The van der Waals surface area contributed by atoms with E-state index in [0.717, 1.165) is 0 Å². The Morgan fingerprint density at radius 1 is 1.44 bits per heavy atom. The van der Waals surface area contributed by atoms with Gasteiger partial charge in [0.2, 0.25) is 0 Å². The molecule has 0 unspecified atom stereocenters. The number of nitrogens with one attached hydrogen (secondary N) is 1. The lowest BCUT2D eigenvalue weighted by atomic mass is 10.1. The first kappa shape index (κ1) is 12.2. The van der Waals surface area contributed by atoms with Crippen molar-refractivity contribution in [1.82, 2.24) is 15.3 Å². The van der Waals surface area contributed by atoms with Gasteiger partial charge in [-0.2, -0.15) is 0 Å². The standard InChI is InChI=1S/C10H16N4O2/c1-10(2,3)14-9(15)16-6-7-8(11)13-5-4-12-7/h4-5H,6H2,1-3H3,(H2,11,13)(H,14,15). The summed E-state index contributed by atoms with van der Waals surface area (Å²) < 4.78 is 4.95. The van der Waals surface area contributed by atoms with Gasteiger partial charge in [-0.05, 0) is 20.8 Å². The maximum Gasteiger partial charge on any atom is 0.407 e. The van der Waals surface area contributed by atoms with E-state index in [4.69, 9.17) is 10.5 Å². The monoisotopic (exact) mass is 224 g/mol. The Hall–Kier alpha value is -1.85. The van der Waals surface area contributed by atoms with E-state index >= 15 is 0 Å². The largest absolute Gasteiger partial charge is 0.443 e. The van der Waals surface area contributed by atoms with Crippen LogP contribution in [0.5, 0.6) is 0 Å². The lowest BCUT2D eigenvalue weighted by Gasteiger charge is -2.19. The highest BCUT2D eigenvalue weighted by molar-refractivity contribution is 5.68. The van der Waals surface area contributed by atoms with Crippen molar-refractivity contribution in [1.29, 1.82) is 0 Å². The average molecular weight is 224 g/mol. The van der Waals surface area contributed by atoms with Crippen LogP contribution in [0.25, 0.3) is 0 Å². The van der Waals surface area contributed by atoms with Crippen molar-refractivity contribution in [2.75, 3.05) is 5.73 Å². The van der Waals surface area contributed by atoms with Crippen LogP contribution in [0.3, 0.4) is 0 Å². The molecule has 0 aliphatic heterocycles. The number of hydrogen-bond acceptors (Lipinski definition) is 5. The molecule has 16 heavy (non-hydrogen) atoms. The summed E-state index contributed by atoms with van der Waals surface area (Å²) in [6.45, 7) is 5.61. The molecule has 0 saturated carbocycles. The maximum absolute atomic E-state index is 11.3. The van der Waals surface area contributed by atoms with Gasteiger partial charge in [0.05, 0.1) is 0 Å². The smallest absolute Gasteiger partial charge is 0.407 e. The van der Waals surface area contributed by atoms with E-state index in [2.05, 4.69) is 15.3 Å². The molecule has 0 fully saturated rings. The van der Waals surface area contributed by atoms with E-state index in [1.165, 1.54) is 12.4 Å². The van der Waals surface area contributed by atoms with Crippen LogP contribution in [0, 0.1) is 0 Å². The van der Waals surface area contributed by atoms with Crippen molar-refractivity contribution in [3.05, 3.63) is 18.1 Å². The van der Waals surface area contributed by atoms with Gasteiger partial charge < -0.3 is 15.8 Å². The fraction of sp³-hybridized carbons (Fsp3) is 0.500. The predicted octanol–water partition coefficient (Wildman–Crippen LogP) is 1.08. The Morgan fingerprint density at radius 2 is 2.06 bits per heavy atom. The van der Waals surface area contributed by atoms with Gasteiger partial charge in [-0.3, -0.25) is 4.98 Å². The number of ether oxygens (including phenoxy) is 1. The van der Waals surface area contributed by atoms with Crippen LogP contribution >= 0.6 is 0 Å². The maximum atomic E-state index is 11.3. The Bertz CT molecular complexity index is 373. The SMILES string of the molecule is CC(C)(C)NC(=O)OCc1nccnc1N. The topological polar surface area (TPSA) is 90.1 Å². The lowest BCUT2D eigenvalue weighted by molar-refractivity contribution is 0.130. The van der Waals surface area contributed by atoms with Crippen molar-refractivity contribution in [2.24, 2.45) is 0 Å². The second kappa shape index (κ2) is 4.78. The zero-order valence-corrected chi connectivity index (χ0v) is 9.65. The third-order valence-electron chi connectivity index (χ3n) is 1.62. The molecule has 1 heterocycles. The third kappa shape index (κ3) is 4.12. The molecular formula is C10H16N4O2. The van der Waals surface area contributed by atoms with Crippen LogP contribution in [0.15, 0.2) is 12.4 Å². The van der Waals surface area contributed by atoms with Crippen molar-refractivity contribution in [3.63, 3.8) is 0 Å². The second-order valence-corrected chi connectivity index (χ2v) is 4.34. The summed E-state index contributed by atoms with van der Waals surface area (Å²) in [5, 5.41) is 2.66. The van der Waals surface area contributed by atoms with E-state index in [-0.39, 0.29) is 18.0 Å². The molecule has 0 bridgehead atoms. The average Bonchev–Trinajstić information content (AvgIpc) is 2.14. The highest BCUT2D eigenvalue weighted by Crippen LogP contribution is 2.05. The van der Waals surface area contributed by atoms with Gasteiger partial charge in [0.25, 0.3) is 0 Å². The summed E-state index contributed by atoms with van der Waals surface area (Å²) in [5.74, 6) is 0.269. The molecule has 6 nitrogen and oxygen atoms in total. The number of alkyl carbamates (subject to hydrolysis) is 1. The molecule has 0 aliphatic carbocycles. The second-order valence-electron chi connectivity index (χ2n) is 4.34. The fourth-order valence-corrected chi connectivity index (χ4v) is 0.965. The molecule has 1 rings (SSSR count). The zero-order chi connectivity index (χ0) is 12.2. The summed E-state index contributed by atoms with van der Waals surface area (Å²) in [5.41, 5.74) is 5.67. The molecule has 0 atom stereocenters. The minimum Gasteiger partial charge on any atom is -0.443 e. The molecule has 0 radical (unpaired) electrons. The van der Waals surface area contributed by atoms with Gasteiger partial charge in [0, 0.05) is 17.9 Å². The van der Waals surface area contributed by atoms with Crippen LogP contribution in [0.1, 0.15) is 26.5 Å². The van der Waals surface area contributed by atoms with E-state index in [1.54, 1.807) is 0 Å². The molecule has 1 aromatic rings. The van der Waals surface area contributed by atoms with Crippen LogP contribution in [-0.2, 0) is 11.3 Å². The molecule has 0 saturated heterocycles. The van der Waals surface area contributed by atoms with Crippen LogP contribution in [-0.4, -0.2) is 21.6 Å². The summed E-state index contributed by atoms with van der Waals surface area (Å²) >= 11 is 0. The Kier molecular flexibility index (Phi) is 3.65. The number of amides is 1. The Labute approximate surface area is 94.2 Å². The van der Waals surface area contributed by atoms with Gasteiger partial charge in [0.1, 0.15) is 18.1 Å². The Morgan fingerprint density at radius 3 is 2.62 bits per heavy atom. The fourth-order valence-electron chi connectivity index (χ4n) is 0.965. The van der Waals surface area contributed by atoms with Crippen molar-refractivity contribution in [3.8, 4) is 0 Å². The quantitative estimate of drug-likeness (QED) is 0.784.